The molecule has 0 amide bonds. The predicted octanol–water partition coefficient (Wildman–Crippen LogP) is 4.14. The Morgan fingerprint density at radius 1 is 0.933 bits per heavy atom. The van der Waals surface area contributed by atoms with Crippen molar-refractivity contribution < 1.29 is 5.11 Å². The van der Waals surface area contributed by atoms with Crippen LogP contribution in [0, 0.1) is 0 Å². The standard InChI is InChI=1S/C25H26N4O/c1-25(30,23(19-9-4-2-5-10-19)20-11-6-3-7-12-20)18-27-16-22-17-28-29-24(22)21-13-8-14-26-15-21/h2-15,17,23,27,30H,16,18H2,1H3,(H,28,29)/t25-/m0/s1. The quantitative estimate of drug-likeness (QED) is 0.417. The normalized spacial score (nSPS) is 13.3. The summed E-state index contributed by atoms with van der Waals surface area (Å²) in [6.07, 6.45) is 5.38. The summed E-state index contributed by atoms with van der Waals surface area (Å²) in [6.45, 7) is 2.91. The van der Waals surface area contributed by atoms with Gasteiger partial charge in [-0.05, 0) is 30.2 Å². The van der Waals surface area contributed by atoms with Gasteiger partial charge in [-0.15, -0.1) is 0 Å². The number of aromatic amines is 1. The van der Waals surface area contributed by atoms with Crippen molar-refractivity contribution in [2.45, 2.75) is 25.0 Å². The maximum atomic E-state index is 11.5. The Hall–Kier alpha value is -3.28. The van der Waals surface area contributed by atoms with E-state index in [1.54, 1.807) is 6.20 Å². The molecule has 0 saturated heterocycles. The lowest BCUT2D eigenvalue weighted by atomic mass is 9.78. The zero-order valence-corrected chi connectivity index (χ0v) is 17.0. The molecule has 2 heterocycles. The van der Waals surface area contributed by atoms with Gasteiger partial charge in [0, 0.05) is 42.5 Å². The number of nitrogens with zero attached hydrogens (tertiary/aromatic N) is 2. The topological polar surface area (TPSA) is 73.8 Å². The van der Waals surface area contributed by atoms with E-state index in [4.69, 9.17) is 0 Å². The number of benzene rings is 2. The van der Waals surface area contributed by atoms with Crippen molar-refractivity contribution in [2.75, 3.05) is 6.54 Å². The Balaban J connectivity index is 1.51. The van der Waals surface area contributed by atoms with Gasteiger partial charge in [0.1, 0.15) is 0 Å². The van der Waals surface area contributed by atoms with Crippen LogP contribution in [0.25, 0.3) is 11.3 Å². The highest BCUT2D eigenvalue weighted by atomic mass is 16.3. The summed E-state index contributed by atoms with van der Waals surface area (Å²) in [7, 11) is 0. The summed E-state index contributed by atoms with van der Waals surface area (Å²) in [6, 6.07) is 24.2. The molecule has 152 valence electrons. The average Bonchev–Trinajstić information content (AvgIpc) is 3.24. The second kappa shape index (κ2) is 9.03. The van der Waals surface area contributed by atoms with E-state index in [1.165, 1.54) is 0 Å². The molecule has 4 rings (SSSR count). The van der Waals surface area contributed by atoms with E-state index < -0.39 is 5.60 Å². The van der Waals surface area contributed by atoms with Gasteiger partial charge in [0.2, 0.25) is 0 Å². The SMILES string of the molecule is C[C@](O)(CNCc1cn[nH]c1-c1cccnc1)C(c1ccccc1)c1ccccc1. The molecule has 0 aliphatic carbocycles. The summed E-state index contributed by atoms with van der Waals surface area (Å²) < 4.78 is 0. The van der Waals surface area contributed by atoms with Gasteiger partial charge < -0.3 is 10.4 Å². The summed E-state index contributed by atoms with van der Waals surface area (Å²) in [5, 5.41) is 22.2. The van der Waals surface area contributed by atoms with Crippen LogP contribution in [0.3, 0.4) is 0 Å². The third kappa shape index (κ3) is 4.48. The minimum atomic E-state index is -0.985. The molecule has 0 unspecified atom stereocenters. The molecule has 3 N–H and O–H groups in total. The van der Waals surface area contributed by atoms with Gasteiger partial charge in [0.15, 0.2) is 0 Å². The number of hydrogen-bond acceptors (Lipinski definition) is 4. The molecule has 0 bridgehead atoms. The van der Waals surface area contributed by atoms with Crippen molar-refractivity contribution in [1.29, 1.82) is 0 Å². The highest BCUT2D eigenvalue weighted by Gasteiger charge is 2.34. The lowest BCUT2D eigenvalue weighted by Crippen LogP contribution is -2.43. The first kappa shape index (κ1) is 20.0. The Labute approximate surface area is 176 Å². The second-order valence-electron chi connectivity index (χ2n) is 7.73. The van der Waals surface area contributed by atoms with Gasteiger partial charge in [0.25, 0.3) is 0 Å². The molecule has 30 heavy (non-hydrogen) atoms. The molecule has 5 nitrogen and oxygen atoms in total. The lowest BCUT2D eigenvalue weighted by Gasteiger charge is -2.34. The molecule has 0 fully saturated rings. The summed E-state index contributed by atoms with van der Waals surface area (Å²) in [5.74, 6) is -0.144. The Morgan fingerprint density at radius 2 is 1.60 bits per heavy atom. The molecule has 0 aliphatic heterocycles. The Bertz CT molecular complexity index is 1010. The first-order valence-electron chi connectivity index (χ1n) is 10.1. The molecule has 5 heteroatoms. The lowest BCUT2D eigenvalue weighted by molar-refractivity contribution is 0.0426. The van der Waals surface area contributed by atoms with Gasteiger partial charge in [-0.3, -0.25) is 10.1 Å². The van der Waals surface area contributed by atoms with Gasteiger partial charge in [-0.25, -0.2) is 0 Å². The van der Waals surface area contributed by atoms with Gasteiger partial charge in [-0.2, -0.15) is 5.10 Å². The molecule has 4 aromatic rings. The minimum Gasteiger partial charge on any atom is -0.388 e. The Morgan fingerprint density at radius 3 is 2.20 bits per heavy atom. The average molecular weight is 399 g/mol. The van der Waals surface area contributed by atoms with Crippen molar-refractivity contribution in [3.8, 4) is 11.3 Å². The molecule has 0 aliphatic rings. The molecule has 0 radical (unpaired) electrons. The third-order valence-corrected chi connectivity index (χ3v) is 5.35. The summed E-state index contributed by atoms with van der Waals surface area (Å²) in [5.41, 5.74) is 4.17. The van der Waals surface area contributed by atoms with Gasteiger partial charge in [-0.1, -0.05) is 60.7 Å². The van der Waals surface area contributed by atoms with E-state index >= 15 is 0 Å². The van der Waals surface area contributed by atoms with Gasteiger partial charge >= 0.3 is 0 Å². The molecule has 0 spiro atoms. The molecule has 1 atom stereocenters. The molecule has 2 aromatic heterocycles. The molecular weight excluding hydrogens is 372 g/mol. The first-order valence-corrected chi connectivity index (χ1v) is 10.1. The number of nitrogens with one attached hydrogen (secondary N) is 2. The van der Waals surface area contributed by atoms with E-state index in [9.17, 15) is 5.11 Å². The fourth-order valence-corrected chi connectivity index (χ4v) is 3.96. The van der Waals surface area contributed by atoms with Crippen LogP contribution in [0.2, 0.25) is 0 Å². The largest absolute Gasteiger partial charge is 0.388 e. The number of H-pyrrole nitrogens is 1. The van der Waals surface area contributed by atoms with Crippen LogP contribution in [-0.4, -0.2) is 32.4 Å². The molecular formula is C25H26N4O. The third-order valence-electron chi connectivity index (χ3n) is 5.35. The van der Waals surface area contributed by atoms with Crippen molar-refractivity contribution in [1.82, 2.24) is 20.5 Å². The zero-order valence-electron chi connectivity index (χ0n) is 17.0. The molecule has 2 aromatic carbocycles. The number of hydrogen-bond donors (Lipinski definition) is 3. The maximum absolute atomic E-state index is 11.5. The number of pyridine rings is 1. The van der Waals surface area contributed by atoms with Crippen LogP contribution >= 0.6 is 0 Å². The number of rotatable bonds is 8. The maximum Gasteiger partial charge on any atom is 0.0852 e. The van der Waals surface area contributed by atoms with E-state index in [0.29, 0.717) is 13.1 Å². The van der Waals surface area contributed by atoms with Crippen LogP contribution in [0.5, 0.6) is 0 Å². The van der Waals surface area contributed by atoms with Gasteiger partial charge in [0.05, 0.1) is 17.5 Å². The number of aromatic nitrogens is 3. The van der Waals surface area contributed by atoms with Crippen molar-refractivity contribution in [3.05, 3.63) is 108 Å². The highest BCUT2D eigenvalue weighted by molar-refractivity contribution is 5.61. The van der Waals surface area contributed by atoms with Crippen molar-refractivity contribution >= 4 is 0 Å². The van der Waals surface area contributed by atoms with E-state index in [1.807, 2.05) is 67.8 Å². The predicted molar refractivity (Wildman–Crippen MR) is 119 cm³/mol. The van der Waals surface area contributed by atoms with Crippen LogP contribution in [0.15, 0.2) is 91.4 Å². The second-order valence-corrected chi connectivity index (χ2v) is 7.73. The van der Waals surface area contributed by atoms with Crippen LogP contribution in [-0.2, 0) is 6.54 Å². The minimum absolute atomic E-state index is 0.144. The van der Waals surface area contributed by atoms with E-state index in [2.05, 4.69) is 44.8 Å². The highest BCUT2D eigenvalue weighted by Crippen LogP contribution is 2.34. The summed E-state index contributed by atoms with van der Waals surface area (Å²) in [4.78, 5) is 4.18. The fraction of sp³-hybridized carbons (Fsp3) is 0.200. The van der Waals surface area contributed by atoms with E-state index in [-0.39, 0.29) is 5.92 Å². The van der Waals surface area contributed by atoms with E-state index in [0.717, 1.165) is 27.9 Å². The van der Waals surface area contributed by atoms with Crippen molar-refractivity contribution in [2.24, 2.45) is 0 Å². The fourth-order valence-electron chi connectivity index (χ4n) is 3.96. The van der Waals surface area contributed by atoms with Crippen LogP contribution < -0.4 is 5.32 Å². The number of aliphatic hydroxyl groups is 1. The molecule has 0 saturated carbocycles. The zero-order chi connectivity index (χ0) is 20.8. The summed E-state index contributed by atoms with van der Waals surface area (Å²) >= 11 is 0. The van der Waals surface area contributed by atoms with Crippen LogP contribution in [0.1, 0.15) is 29.5 Å². The smallest absolute Gasteiger partial charge is 0.0852 e. The monoisotopic (exact) mass is 398 g/mol. The van der Waals surface area contributed by atoms with Crippen molar-refractivity contribution in [3.63, 3.8) is 0 Å². The first-order chi connectivity index (χ1) is 14.6. The van der Waals surface area contributed by atoms with Crippen LogP contribution in [0.4, 0.5) is 0 Å². The Kier molecular flexibility index (Phi) is 6.02.